The summed E-state index contributed by atoms with van der Waals surface area (Å²) in [6.45, 7) is 4.33. The Balaban J connectivity index is 1.73. The van der Waals surface area contributed by atoms with E-state index in [9.17, 15) is 9.18 Å². The predicted molar refractivity (Wildman–Crippen MR) is 105 cm³/mol. The number of Topliss-reactive ketones (excluding diaryl/α,β-unsaturated/α-hetero) is 1. The molecule has 0 aliphatic heterocycles. The first-order valence-corrected chi connectivity index (χ1v) is 10.0. The molecule has 0 radical (unpaired) electrons. The van der Waals surface area contributed by atoms with Gasteiger partial charge in [0.2, 0.25) is 0 Å². The van der Waals surface area contributed by atoms with Crippen molar-refractivity contribution in [2.45, 2.75) is 64.7 Å². The van der Waals surface area contributed by atoms with Gasteiger partial charge in [0.05, 0.1) is 0 Å². The number of aryl methyl sites for hydroxylation is 1. The van der Waals surface area contributed by atoms with Gasteiger partial charge >= 0.3 is 0 Å². The fourth-order valence-corrected chi connectivity index (χ4v) is 4.30. The van der Waals surface area contributed by atoms with Crippen molar-refractivity contribution in [1.29, 1.82) is 0 Å². The van der Waals surface area contributed by atoms with Crippen LogP contribution in [0.2, 0.25) is 0 Å². The van der Waals surface area contributed by atoms with Crippen molar-refractivity contribution >= 4 is 5.78 Å². The summed E-state index contributed by atoms with van der Waals surface area (Å²) in [7, 11) is 0. The predicted octanol–water partition coefficient (Wildman–Crippen LogP) is 6.50. The van der Waals surface area contributed by atoms with E-state index < -0.39 is 0 Å². The van der Waals surface area contributed by atoms with Crippen molar-refractivity contribution in [2.24, 2.45) is 5.92 Å². The molecule has 1 fully saturated rings. The molecule has 0 saturated heterocycles. The Morgan fingerprint density at radius 3 is 2.62 bits per heavy atom. The number of carbonyl (C=O) groups excluding carboxylic acids is 1. The fraction of sp³-hybridized carbons (Fsp3) is 0.458. The van der Waals surface area contributed by atoms with Gasteiger partial charge in [0.25, 0.3) is 0 Å². The highest BCUT2D eigenvalue weighted by molar-refractivity contribution is 5.98. The first-order valence-electron chi connectivity index (χ1n) is 10.0. The molecule has 0 heterocycles. The normalized spacial score (nSPS) is 19.7. The van der Waals surface area contributed by atoms with Crippen LogP contribution in [0.3, 0.4) is 0 Å². The van der Waals surface area contributed by atoms with Crippen LogP contribution in [0.15, 0.2) is 42.5 Å². The molecule has 138 valence electrons. The van der Waals surface area contributed by atoms with Crippen LogP contribution in [0.1, 0.15) is 78.9 Å². The Kier molecular flexibility index (Phi) is 6.24. The van der Waals surface area contributed by atoms with Crippen molar-refractivity contribution < 1.29 is 9.18 Å². The van der Waals surface area contributed by atoms with E-state index in [-0.39, 0.29) is 18.0 Å². The maximum atomic E-state index is 14.7. The zero-order chi connectivity index (χ0) is 18.5. The van der Waals surface area contributed by atoms with Crippen LogP contribution >= 0.6 is 0 Å². The number of hydrogen-bond donors (Lipinski definition) is 0. The second-order valence-corrected chi connectivity index (χ2v) is 7.65. The molecular formula is C24H29FO. The molecule has 2 aromatic rings. The number of hydrogen-bond acceptors (Lipinski definition) is 1. The van der Waals surface area contributed by atoms with Gasteiger partial charge in [0, 0.05) is 12.0 Å². The Bertz CT molecular complexity index is 765. The lowest BCUT2D eigenvalue weighted by molar-refractivity contribution is 0.0992. The maximum Gasteiger partial charge on any atom is 0.167 e. The van der Waals surface area contributed by atoms with Gasteiger partial charge in [0.15, 0.2) is 5.78 Å². The van der Waals surface area contributed by atoms with Gasteiger partial charge in [0.1, 0.15) is 5.82 Å². The largest absolute Gasteiger partial charge is 0.294 e. The molecule has 2 aromatic carbocycles. The van der Waals surface area contributed by atoms with E-state index >= 15 is 0 Å². The van der Waals surface area contributed by atoms with E-state index in [1.807, 2.05) is 36.4 Å². The summed E-state index contributed by atoms with van der Waals surface area (Å²) in [4.78, 5) is 12.7. The van der Waals surface area contributed by atoms with Crippen molar-refractivity contribution in [3.05, 3.63) is 70.5 Å². The first kappa shape index (κ1) is 18.8. The highest BCUT2D eigenvalue weighted by atomic mass is 19.1. The molecular weight excluding hydrogens is 323 g/mol. The maximum absolute atomic E-state index is 14.7. The summed E-state index contributed by atoms with van der Waals surface area (Å²) in [6, 6.07) is 13.2. The molecule has 0 spiro atoms. The summed E-state index contributed by atoms with van der Waals surface area (Å²) in [5.41, 5.74) is 3.48. The van der Waals surface area contributed by atoms with Crippen LogP contribution in [0, 0.1) is 11.7 Å². The Labute approximate surface area is 156 Å². The minimum atomic E-state index is -0.140. The quantitative estimate of drug-likeness (QED) is 0.520. The number of carbonyl (C=O) groups is 1. The van der Waals surface area contributed by atoms with Crippen molar-refractivity contribution in [1.82, 2.24) is 0 Å². The molecule has 1 aliphatic rings. The molecule has 2 heteroatoms. The van der Waals surface area contributed by atoms with Crippen LogP contribution in [0.5, 0.6) is 0 Å². The van der Waals surface area contributed by atoms with Crippen LogP contribution in [-0.4, -0.2) is 5.78 Å². The van der Waals surface area contributed by atoms with Gasteiger partial charge in [-0.2, -0.15) is 0 Å². The molecule has 2 atom stereocenters. The second-order valence-electron chi connectivity index (χ2n) is 7.65. The van der Waals surface area contributed by atoms with Gasteiger partial charge in [-0.3, -0.25) is 4.79 Å². The fourth-order valence-electron chi connectivity index (χ4n) is 4.30. The average Bonchev–Trinajstić information content (AvgIpc) is 3.11. The zero-order valence-corrected chi connectivity index (χ0v) is 15.9. The standard InChI is InChI=1S/C24H29FO/c1-3-7-19-8-5-6-9-22(19)24(26)16-18-11-13-21(23(25)15-18)20-12-10-17(4-2)14-20/h5-6,8-9,11,13,15,17,20H,3-4,7,10,12,14,16H2,1-2H3/t17-,20?/m1/s1. The van der Waals surface area contributed by atoms with E-state index in [0.29, 0.717) is 5.92 Å². The highest BCUT2D eigenvalue weighted by Gasteiger charge is 2.26. The van der Waals surface area contributed by atoms with Gasteiger partial charge in [-0.25, -0.2) is 4.39 Å². The van der Waals surface area contributed by atoms with Crippen molar-refractivity contribution in [3.63, 3.8) is 0 Å². The lowest BCUT2D eigenvalue weighted by atomic mass is 9.92. The molecule has 1 unspecified atom stereocenters. The summed E-state index contributed by atoms with van der Waals surface area (Å²) >= 11 is 0. The van der Waals surface area contributed by atoms with Crippen molar-refractivity contribution in [2.75, 3.05) is 0 Å². The molecule has 3 rings (SSSR count). The molecule has 0 aromatic heterocycles. The molecule has 0 bridgehead atoms. The first-order chi connectivity index (χ1) is 12.6. The van der Waals surface area contributed by atoms with E-state index in [0.717, 1.165) is 53.9 Å². The third-order valence-corrected chi connectivity index (χ3v) is 5.83. The lowest BCUT2D eigenvalue weighted by Crippen LogP contribution is -2.08. The Morgan fingerprint density at radius 2 is 1.92 bits per heavy atom. The summed E-state index contributed by atoms with van der Waals surface area (Å²) in [6.07, 6.45) is 6.73. The monoisotopic (exact) mass is 352 g/mol. The molecule has 1 nitrogen and oxygen atoms in total. The van der Waals surface area contributed by atoms with Crippen LogP contribution in [0.25, 0.3) is 0 Å². The van der Waals surface area contributed by atoms with E-state index in [2.05, 4.69) is 13.8 Å². The average molecular weight is 352 g/mol. The summed E-state index contributed by atoms with van der Waals surface area (Å²) in [5, 5.41) is 0. The smallest absolute Gasteiger partial charge is 0.167 e. The van der Waals surface area contributed by atoms with Crippen LogP contribution < -0.4 is 0 Å². The van der Waals surface area contributed by atoms with E-state index in [4.69, 9.17) is 0 Å². The third-order valence-electron chi connectivity index (χ3n) is 5.83. The van der Waals surface area contributed by atoms with Gasteiger partial charge in [-0.05, 0) is 60.3 Å². The summed E-state index contributed by atoms with van der Waals surface area (Å²) < 4.78 is 14.7. The number of rotatable bonds is 7. The van der Waals surface area contributed by atoms with E-state index in [1.165, 1.54) is 12.8 Å². The Morgan fingerprint density at radius 1 is 1.12 bits per heavy atom. The summed E-state index contributed by atoms with van der Waals surface area (Å²) in [5.74, 6) is 1.01. The lowest BCUT2D eigenvalue weighted by Gasteiger charge is -2.13. The second kappa shape index (κ2) is 8.62. The van der Waals surface area contributed by atoms with Crippen molar-refractivity contribution in [3.8, 4) is 0 Å². The number of benzene rings is 2. The SMILES string of the molecule is CCCc1ccccc1C(=O)Cc1ccc(C2CC[C@@H](CC)C2)c(F)c1. The Hall–Kier alpha value is -1.96. The molecule has 0 amide bonds. The molecule has 26 heavy (non-hydrogen) atoms. The third kappa shape index (κ3) is 4.23. The zero-order valence-electron chi connectivity index (χ0n) is 15.9. The van der Waals surface area contributed by atoms with Gasteiger partial charge in [-0.15, -0.1) is 0 Å². The minimum absolute atomic E-state index is 0.0770. The van der Waals surface area contributed by atoms with Crippen LogP contribution in [0.4, 0.5) is 4.39 Å². The minimum Gasteiger partial charge on any atom is -0.294 e. The topological polar surface area (TPSA) is 17.1 Å². The van der Waals surface area contributed by atoms with E-state index in [1.54, 1.807) is 6.07 Å². The number of ketones is 1. The molecule has 1 aliphatic carbocycles. The van der Waals surface area contributed by atoms with Gasteiger partial charge in [-0.1, -0.05) is 63.1 Å². The number of halogens is 1. The van der Waals surface area contributed by atoms with Gasteiger partial charge < -0.3 is 0 Å². The molecule has 1 saturated carbocycles. The molecule has 0 N–H and O–H groups in total. The van der Waals surface area contributed by atoms with Crippen LogP contribution in [-0.2, 0) is 12.8 Å². The highest BCUT2D eigenvalue weighted by Crippen LogP contribution is 2.40.